The number of rotatable bonds is 8. The van der Waals surface area contributed by atoms with Gasteiger partial charge in [-0.05, 0) is 12.8 Å². The molecule has 1 fully saturated rings. The summed E-state index contributed by atoms with van der Waals surface area (Å²) in [6.45, 7) is 8.27. The summed E-state index contributed by atoms with van der Waals surface area (Å²) in [6.07, 6.45) is 2.56. The highest BCUT2D eigenvalue weighted by Gasteiger charge is 2.27. The number of hydrogen-bond donors (Lipinski definition) is 1. The van der Waals surface area contributed by atoms with Crippen molar-refractivity contribution in [3.05, 3.63) is 0 Å². The lowest BCUT2D eigenvalue weighted by molar-refractivity contribution is -0.135. The molecule has 0 aromatic heterocycles. The van der Waals surface area contributed by atoms with Crippen molar-refractivity contribution < 1.29 is 9.53 Å². The van der Waals surface area contributed by atoms with E-state index in [-0.39, 0.29) is 5.91 Å². The van der Waals surface area contributed by atoms with Gasteiger partial charge in [-0.3, -0.25) is 4.79 Å². The topological polar surface area (TPSA) is 41.6 Å². The van der Waals surface area contributed by atoms with Crippen molar-refractivity contribution in [3.63, 3.8) is 0 Å². The number of hydrogen-bond acceptors (Lipinski definition) is 3. The third-order valence-corrected chi connectivity index (χ3v) is 2.79. The van der Waals surface area contributed by atoms with Crippen LogP contribution in [0.3, 0.4) is 0 Å². The lowest BCUT2D eigenvalue weighted by Gasteiger charge is -2.38. The Balaban J connectivity index is 2.23. The summed E-state index contributed by atoms with van der Waals surface area (Å²) < 4.78 is 5.35. The van der Waals surface area contributed by atoms with Gasteiger partial charge in [-0.15, -0.1) is 0 Å². The molecule has 0 atom stereocenters. The van der Waals surface area contributed by atoms with Crippen LogP contribution >= 0.6 is 0 Å². The maximum atomic E-state index is 11.9. The van der Waals surface area contributed by atoms with E-state index in [0.29, 0.717) is 19.1 Å². The van der Waals surface area contributed by atoms with Crippen LogP contribution in [0.1, 0.15) is 33.1 Å². The maximum absolute atomic E-state index is 11.9. The first-order valence-corrected chi connectivity index (χ1v) is 6.37. The van der Waals surface area contributed by atoms with Crippen LogP contribution in [0.25, 0.3) is 0 Å². The summed E-state index contributed by atoms with van der Waals surface area (Å²) in [5.41, 5.74) is 0. The molecular weight excluding hydrogens is 204 g/mol. The number of carbonyl (C=O) groups is 1. The van der Waals surface area contributed by atoms with Crippen molar-refractivity contribution in [2.24, 2.45) is 0 Å². The Hall–Kier alpha value is -0.610. The molecule has 16 heavy (non-hydrogen) atoms. The highest BCUT2D eigenvalue weighted by Crippen LogP contribution is 2.08. The SMILES string of the molecule is CCCOCCC(=O)N(CCC)C1CNC1. The molecule has 1 rings (SSSR count). The summed E-state index contributed by atoms with van der Waals surface area (Å²) >= 11 is 0. The second-order valence-corrected chi connectivity index (χ2v) is 4.26. The van der Waals surface area contributed by atoms with Gasteiger partial charge in [0.05, 0.1) is 19.1 Å². The van der Waals surface area contributed by atoms with Gasteiger partial charge in [-0.25, -0.2) is 0 Å². The van der Waals surface area contributed by atoms with Gasteiger partial charge in [0.25, 0.3) is 0 Å². The van der Waals surface area contributed by atoms with Crippen LogP contribution in [0.2, 0.25) is 0 Å². The summed E-state index contributed by atoms with van der Waals surface area (Å²) in [5, 5.41) is 3.21. The van der Waals surface area contributed by atoms with Crippen molar-refractivity contribution in [1.29, 1.82) is 0 Å². The van der Waals surface area contributed by atoms with Crippen molar-refractivity contribution >= 4 is 5.91 Å². The third-order valence-electron chi connectivity index (χ3n) is 2.79. The predicted octanol–water partition coefficient (Wildman–Crippen LogP) is 1.01. The number of carbonyl (C=O) groups excluding carboxylic acids is 1. The van der Waals surface area contributed by atoms with Gasteiger partial charge < -0.3 is 15.0 Å². The highest BCUT2D eigenvalue weighted by atomic mass is 16.5. The molecule has 1 saturated heterocycles. The van der Waals surface area contributed by atoms with E-state index in [4.69, 9.17) is 4.74 Å². The summed E-state index contributed by atoms with van der Waals surface area (Å²) in [7, 11) is 0. The Morgan fingerprint density at radius 1 is 1.31 bits per heavy atom. The molecule has 0 spiro atoms. The lowest BCUT2D eigenvalue weighted by atomic mass is 10.1. The van der Waals surface area contributed by atoms with Crippen LogP contribution in [0.15, 0.2) is 0 Å². The molecule has 0 radical (unpaired) electrons. The molecule has 0 saturated carbocycles. The average Bonchev–Trinajstić information content (AvgIpc) is 2.21. The third kappa shape index (κ3) is 4.10. The Bertz CT molecular complexity index is 205. The van der Waals surface area contributed by atoms with E-state index in [0.717, 1.165) is 39.1 Å². The second kappa shape index (κ2) is 7.63. The van der Waals surface area contributed by atoms with Crippen LogP contribution in [-0.2, 0) is 9.53 Å². The van der Waals surface area contributed by atoms with Crippen molar-refractivity contribution in [3.8, 4) is 0 Å². The molecule has 4 heteroatoms. The fourth-order valence-electron chi connectivity index (χ4n) is 1.80. The first-order chi connectivity index (χ1) is 7.79. The molecule has 1 N–H and O–H groups in total. The van der Waals surface area contributed by atoms with Crippen LogP contribution in [-0.4, -0.2) is 49.7 Å². The summed E-state index contributed by atoms with van der Waals surface area (Å²) in [6, 6.07) is 0.415. The maximum Gasteiger partial charge on any atom is 0.225 e. The van der Waals surface area contributed by atoms with E-state index in [2.05, 4.69) is 19.2 Å². The molecular formula is C12H24N2O2. The van der Waals surface area contributed by atoms with E-state index < -0.39 is 0 Å². The molecule has 4 nitrogen and oxygen atoms in total. The van der Waals surface area contributed by atoms with E-state index in [9.17, 15) is 4.79 Å². The Morgan fingerprint density at radius 3 is 2.56 bits per heavy atom. The molecule has 1 amide bonds. The number of ether oxygens (including phenoxy) is 1. The summed E-state index contributed by atoms with van der Waals surface area (Å²) in [4.78, 5) is 14.0. The Kier molecular flexibility index (Phi) is 6.42. The normalized spacial score (nSPS) is 15.9. The van der Waals surface area contributed by atoms with Crippen molar-refractivity contribution in [2.75, 3.05) is 32.8 Å². The molecule has 0 aromatic carbocycles. The zero-order valence-electron chi connectivity index (χ0n) is 10.5. The van der Waals surface area contributed by atoms with Crippen LogP contribution in [0.5, 0.6) is 0 Å². The Labute approximate surface area is 98.3 Å². The summed E-state index contributed by atoms with van der Waals surface area (Å²) in [5.74, 6) is 0.240. The predicted molar refractivity (Wildman–Crippen MR) is 64.4 cm³/mol. The fraction of sp³-hybridized carbons (Fsp3) is 0.917. The van der Waals surface area contributed by atoms with E-state index >= 15 is 0 Å². The average molecular weight is 228 g/mol. The molecule has 1 heterocycles. The van der Waals surface area contributed by atoms with Crippen molar-refractivity contribution in [2.45, 2.75) is 39.2 Å². The van der Waals surface area contributed by atoms with Gasteiger partial charge in [-0.1, -0.05) is 13.8 Å². The van der Waals surface area contributed by atoms with E-state index in [1.165, 1.54) is 0 Å². The fourth-order valence-corrected chi connectivity index (χ4v) is 1.80. The van der Waals surface area contributed by atoms with E-state index in [1.54, 1.807) is 0 Å². The largest absolute Gasteiger partial charge is 0.381 e. The first-order valence-electron chi connectivity index (χ1n) is 6.37. The van der Waals surface area contributed by atoms with Crippen molar-refractivity contribution in [1.82, 2.24) is 10.2 Å². The smallest absolute Gasteiger partial charge is 0.225 e. The number of amides is 1. The van der Waals surface area contributed by atoms with Gasteiger partial charge in [0.2, 0.25) is 5.91 Å². The van der Waals surface area contributed by atoms with Gasteiger partial charge in [-0.2, -0.15) is 0 Å². The Morgan fingerprint density at radius 2 is 2.06 bits per heavy atom. The molecule has 94 valence electrons. The zero-order valence-corrected chi connectivity index (χ0v) is 10.5. The second-order valence-electron chi connectivity index (χ2n) is 4.26. The molecule has 1 aliphatic rings. The highest BCUT2D eigenvalue weighted by molar-refractivity contribution is 5.76. The number of nitrogens with zero attached hydrogens (tertiary/aromatic N) is 1. The molecule has 0 bridgehead atoms. The molecule has 0 aromatic rings. The van der Waals surface area contributed by atoms with Gasteiger partial charge >= 0.3 is 0 Å². The van der Waals surface area contributed by atoms with Gasteiger partial charge in [0, 0.05) is 26.2 Å². The number of nitrogens with one attached hydrogen (secondary N) is 1. The van der Waals surface area contributed by atoms with Crippen LogP contribution < -0.4 is 5.32 Å². The first kappa shape index (κ1) is 13.5. The molecule has 1 aliphatic heterocycles. The molecule has 0 unspecified atom stereocenters. The molecule has 0 aliphatic carbocycles. The monoisotopic (exact) mass is 228 g/mol. The lowest BCUT2D eigenvalue weighted by Crippen LogP contribution is -2.59. The van der Waals surface area contributed by atoms with Crippen LogP contribution in [0.4, 0.5) is 0 Å². The van der Waals surface area contributed by atoms with E-state index in [1.807, 2.05) is 4.90 Å². The quantitative estimate of drug-likeness (QED) is 0.631. The van der Waals surface area contributed by atoms with Gasteiger partial charge in [0.1, 0.15) is 0 Å². The minimum absolute atomic E-state index is 0.240. The van der Waals surface area contributed by atoms with Gasteiger partial charge in [0.15, 0.2) is 0 Å². The van der Waals surface area contributed by atoms with Crippen LogP contribution in [0, 0.1) is 0 Å². The zero-order chi connectivity index (χ0) is 11.8. The minimum Gasteiger partial charge on any atom is -0.381 e. The standard InChI is InChI=1S/C12H24N2O2/c1-3-6-14(11-9-13-10-11)12(15)5-8-16-7-4-2/h11,13H,3-10H2,1-2H3. The minimum atomic E-state index is 0.240.